The largest absolute Gasteiger partial charge is 0.141 e. The minimum atomic E-state index is 1.23. The molecular weight excluding hydrogens is 1050 g/mol. The second-order valence-electron chi connectivity index (χ2n) is 22.4. The Labute approximate surface area is 482 Å². The van der Waals surface area contributed by atoms with Crippen LogP contribution in [0.4, 0.5) is 0 Å². The highest BCUT2D eigenvalue weighted by atomic mass is 32.1. The number of fused-ring (bicyclic) bond motifs is 7. The minimum Gasteiger partial charge on any atom is -0.141 e. The van der Waals surface area contributed by atoms with Gasteiger partial charge in [-0.1, -0.05) is 233 Å². The van der Waals surface area contributed by atoms with Crippen LogP contribution in [-0.4, -0.2) is 0 Å². The Kier molecular flexibility index (Phi) is 26.2. The first-order valence-electron chi connectivity index (χ1n) is 31.1. The molecule has 0 atom stereocenters. The normalized spacial score (nSPS) is 12.3. The van der Waals surface area contributed by atoms with E-state index in [4.69, 9.17) is 0 Å². The molecule has 8 heteroatoms. The van der Waals surface area contributed by atoms with Crippen molar-refractivity contribution in [2.24, 2.45) is 0 Å². The van der Waals surface area contributed by atoms with Gasteiger partial charge in [-0.05, 0) is 96.5 Å². The second kappa shape index (κ2) is 32.8. The van der Waals surface area contributed by atoms with E-state index in [2.05, 4.69) is 141 Å². The molecule has 0 N–H and O–H groups in total. The topological polar surface area (TPSA) is 0 Å². The molecule has 8 heterocycles. The smallest absolute Gasteiger partial charge is 0.0639 e. The Morgan fingerprint density at radius 3 is 0.851 bits per heavy atom. The number of aryl methyl sites for hydroxylation is 4. The number of hydrogen-bond acceptors (Lipinski definition) is 8. The summed E-state index contributed by atoms with van der Waals surface area (Å²) >= 11 is 16.9. The third-order valence-electron chi connectivity index (χ3n) is 16.2. The van der Waals surface area contributed by atoms with Crippen LogP contribution < -0.4 is 0 Å². The van der Waals surface area contributed by atoms with Gasteiger partial charge in [-0.25, -0.2) is 0 Å². The molecule has 0 saturated heterocycles. The molecule has 8 aromatic rings. The predicted octanol–water partition coefficient (Wildman–Crippen LogP) is 27.6. The van der Waals surface area contributed by atoms with Crippen molar-refractivity contribution < 1.29 is 0 Å². The van der Waals surface area contributed by atoms with E-state index in [-0.39, 0.29) is 0 Å². The van der Waals surface area contributed by atoms with Gasteiger partial charge >= 0.3 is 0 Å². The van der Waals surface area contributed by atoms with Crippen molar-refractivity contribution in [3.63, 3.8) is 0 Å². The number of rotatable bonds is 42. The molecular formula is C66H96S8. The predicted molar refractivity (Wildman–Crippen MR) is 352 cm³/mol. The summed E-state index contributed by atoms with van der Waals surface area (Å²) < 4.78 is 15.9. The van der Waals surface area contributed by atoms with Gasteiger partial charge in [0, 0.05) is 28.9 Å². The van der Waals surface area contributed by atoms with Gasteiger partial charge in [-0.2, -0.15) is 0 Å². The van der Waals surface area contributed by atoms with Crippen LogP contribution in [0, 0.1) is 0 Å². The minimum absolute atomic E-state index is 1.23. The maximum absolute atomic E-state index is 2.62. The summed E-state index contributed by atoms with van der Waals surface area (Å²) in [6, 6.07) is 5.24. The summed E-state index contributed by atoms with van der Waals surface area (Å²) in [5.41, 5.74) is 6.65. The summed E-state index contributed by atoms with van der Waals surface area (Å²) in [6.07, 6.45) is 55.3. The maximum atomic E-state index is 2.62. The fraction of sp³-hybridized carbons (Fsp3) is 0.667. The molecule has 0 aliphatic heterocycles. The average molecular weight is 1150 g/mol. The van der Waals surface area contributed by atoms with E-state index < -0.39 is 0 Å². The Balaban J connectivity index is 0.990. The zero-order chi connectivity index (χ0) is 51.2. The first-order valence-corrected chi connectivity index (χ1v) is 37.7. The summed E-state index contributed by atoms with van der Waals surface area (Å²) in [4.78, 5) is 6.24. The molecule has 0 nitrogen and oxygen atoms in total. The van der Waals surface area contributed by atoms with Crippen molar-refractivity contribution in [2.45, 2.75) is 285 Å². The zero-order valence-corrected chi connectivity index (χ0v) is 53.4. The van der Waals surface area contributed by atoms with Crippen molar-refractivity contribution in [3.8, 4) is 19.5 Å². The van der Waals surface area contributed by atoms with Gasteiger partial charge in [0.1, 0.15) is 0 Å². The van der Waals surface area contributed by atoms with Crippen LogP contribution >= 0.6 is 90.7 Å². The van der Waals surface area contributed by atoms with E-state index >= 15 is 0 Å². The van der Waals surface area contributed by atoms with Crippen molar-refractivity contribution in [1.29, 1.82) is 0 Å². The highest BCUT2D eigenvalue weighted by Crippen LogP contribution is 2.55. The monoisotopic (exact) mass is 1140 g/mol. The number of hydrogen-bond donors (Lipinski definition) is 0. The van der Waals surface area contributed by atoms with Crippen LogP contribution in [-0.2, 0) is 25.7 Å². The van der Waals surface area contributed by atoms with Crippen molar-refractivity contribution in [1.82, 2.24) is 0 Å². The van der Waals surface area contributed by atoms with E-state index in [0.29, 0.717) is 0 Å². The van der Waals surface area contributed by atoms with E-state index in [0.717, 1.165) is 0 Å². The van der Waals surface area contributed by atoms with Crippen LogP contribution in [0.5, 0.6) is 0 Å². The molecule has 0 radical (unpaired) electrons. The number of unbranched alkanes of at least 4 members (excludes halogenated alkanes) is 32. The van der Waals surface area contributed by atoms with Crippen molar-refractivity contribution in [2.75, 3.05) is 0 Å². The van der Waals surface area contributed by atoms with Gasteiger partial charge in [-0.3, -0.25) is 0 Å². The fourth-order valence-electron chi connectivity index (χ4n) is 11.7. The van der Waals surface area contributed by atoms with Gasteiger partial charge in [-0.15, -0.1) is 90.7 Å². The lowest BCUT2D eigenvalue weighted by atomic mass is 10.0. The van der Waals surface area contributed by atoms with Gasteiger partial charge < -0.3 is 0 Å². The second-order valence-corrected chi connectivity index (χ2v) is 30.5. The van der Waals surface area contributed by atoms with E-state index in [1.807, 2.05) is 0 Å². The Morgan fingerprint density at radius 1 is 0.257 bits per heavy atom. The molecule has 0 saturated carbocycles. The van der Waals surface area contributed by atoms with Crippen LogP contribution in [0.1, 0.15) is 281 Å². The first-order chi connectivity index (χ1) is 36.6. The lowest BCUT2D eigenvalue weighted by Crippen LogP contribution is -1.87. The molecule has 74 heavy (non-hydrogen) atoms. The summed E-state index contributed by atoms with van der Waals surface area (Å²) in [6.45, 7) is 9.31. The molecule has 0 aromatic carbocycles. The lowest BCUT2D eigenvalue weighted by molar-refractivity contribution is 0.565. The zero-order valence-electron chi connectivity index (χ0n) is 46.9. The molecule has 0 amide bonds. The maximum Gasteiger partial charge on any atom is 0.0639 e. The van der Waals surface area contributed by atoms with Crippen LogP contribution in [0.25, 0.3) is 66.5 Å². The SMILES string of the molecule is CCCCCCCCCCCc1csc2c1sc1c(CCCCCCCCCCC)c(-c3cc4sc(-c5sc6c(sc7c(CCCCCCCCCCC)csc76)c5CCCCCCCCCCC)cc4s3)sc12. The third kappa shape index (κ3) is 16.5. The van der Waals surface area contributed by atoms with Gasteiger partial charge in [0.2, 0.25) is 0 Å². The van der Waals surface area contributed by atoms with Crippen LogP contribution in [0.3, 0.4) is 0 Å². The molecule has 0 aliphatic carbocycles. The highest BCUT2D eigenvalue weighted by Gasteiger charge is 2.25. The molecule has 0 bridgehead atoms. The standard InChI is InChI=1S/C66H96S8/c1-5-9-13-17-21-25-29-33-37-41-49-47-67-63-57(49)71-61-51(43-39-35-31-27-23-19-15-11-7-3)59(73-65(61)63)55-45-53-54(69-55)46-56(70-53)60-52(44-40-36-32-28-24-20-16-12-8-4)62-66(74-60)64-58(72-62)50(48-68-64)42-38-34-30-26-22-18-14-10-6-2/h45-48H,5-44H2,1-4H3. The first kappa shape index (κ1) is 59.0. The molecule has 8 aromatic heterocycles. The van der Waals surface area contributed by atoms with Crippen molar-refractivity contribution >= 4 is 138 Å². The molecule has 0 aliphatic rings. The van der Waals surface area contributed by atoms with E-state index in [1.165, 1.54) is 276 Å². The van der Waals surface area contributed by atoms with E-state index in [9.17, 15) is 0 Å². The molecule has 408 valence electrons. The Morgan fingerprint density at radius 2 is 0.541 bits per heavy atom. The average Bonchev–Trinajstić information content (AvgIpc) is 4.29. The number of thiophene rings is 8. The van der Waals surface area contributed by atoms with Gasteiger partial charge in [0.05, 0.1) is 37.6 Å². The van der Waals surface area contributed by atoms with Gasteiger partial charge in [0.15, 0.2) is 0 Å². The molecule has 8 rings (SSSR count). The quantitative estimate of drug-likeness (QED) is 0.0335. The van der Waals surface area contributed by atoms with Crippen LogP contribution in [0.15, 0.2) is 22.9 Å². The van der Waals surface area contributed by atoms with E-state index in [1.54, 1.807) is 69.6 Å². The molecule has 0 unspecified atom stereocenters. The molecule has 0 fully saturated rings. The summed E-state index contributed by atoms with van der Waals surface area (Å²) in [5, 5.41) is 5.07. The lowest BCUT2D eigenvalue weighted by Gasteiger charge is -2.05. The Bertz CT molecular complexity index is 2560. The summed E-state index contributed by atoms with van der Waals surface area (Å²) in [5.74, 6) is 0. The third-order valence-corrected chi connectivity index (χ3v) is 26.9. The Hall–Kier alpha value is -1.10. The van der Waals surface area contributed by atoms with Gasteiger partial charge in [0.25, 0.3) is 0 Å². The summed E-state index contributed by atoms with van der Waals surface area (Å²) in [7, 11) is 0. The highest BCUT2D eigenvalue weighted by molar-refractivity contribution is 7.42. The van der Waals surface area contributed by atoms with Crippen molar-refractivity contribution in [3.05, 3.63) is 45.1 Å². The van der Waals surface area contributed by atoms with Crippen LogP contribution in [0.2, 0.25) is 0 Å². The molecule has 0 spiro atoms. The fourth-order valence-corrected chi connectivity index (χ4v) is 23.1.